The van der Waals surface area contributed by atoms with Gasteiger partial charge < -0.3 is 15.0 Å². The molecule has 19 heavy (non-hydrogen) atoms. The number of urea groups is 1. The Morgan fingerprint density at radius 3 is 2.95 bits per heavy atom. The van der Waals surface area contributed by atoms with Crippen molar-refractivity contribution < 1.29 is 9.53 Å². The Balaban J connectivity index is 1.68. The summed E-state index contributed by atoms with van der Waals surface area (Å²) in [5.74, 6) is 2.98. The monoisotopic (exact) mass is 278 g/mol. The maximum Gasteiger partial charge on any atom is 0.317 e. The van der Waals surface area contributed by atoms with Crippen LogP contribution in [0.3, 0.4) is 0 Å². The molecule has 1 N–H and O–H groups in total. The molecule has 4 nitrogen and oxygen atoms in total. The second kappa shape index (κ2) is 5.74. The van der Waals surface area contributed by atoms with Crippen molar-refractivity contribution in [2.75, 3.05) is 31.2 Å². The molecular formula is C14H18N2O2S. The summed E-state index contributed by atoms with van der Waals surface area (Å²) >= 11 is 1.91. The first-order chi connectivity index (χ1) is 9.34. The topological polar surface area (TPSA) is 41.6 Å². The van der Waals surface area contributed by atoms with E-state index in [1.807, 2.05) is 40.9 Å². The number of amides is 2. The SMILES string of the molecule is O=C(N[C@H]1CCOc2ccccc21)N1CCSCC1. The van der Waals surface area contributed by atoms with Gasteiger partial charge in [0.15, 0.2) is 0 Å². The zero-order valence-electron chi connectivity index (χ0n) is 10.8. The van der Waals surface area contributed by atoms with Crippen molar-refractivity contribution in [3.63, 3.8) is 0 Å². The van der Waals surface area contributed by atoms with Gasteiger partial charge in [-0.25, -0.2) is 4.79 Å². The number of fused-ring (bicyclic) bond motifs is 1. The first-order valence-corrected chi connectivity index (χ1v) is 7.85. The Morgan fingerprint density at radius 2 is 2.11 bits per heavy atom. The quantitative estimate of drug-likeness (QED) is 0.857. The summed E-state index contributed by atoms with van der Waals surface area (Å²) in [6, 6.07) is 8.08. The van der Waals surface area contributed by atoms with E-state index in [1.54, 1.807) is 0 Å². The minimum absolute atomic E-state index is 0.0574. The molecule has 0 saturated carbocycles. The van der Waals surface area contributed by atoms with E-state index in [4.69, 9.17) is 4.74 Å². The van der Waals surface area contributed by atoms with Gasteiger partial charge in [0.05, 0.1) is 12.6 Å². The van der Waals surface area contributed by atoms with Gasteiger partial charge in [-0.1, -0.05) is 18.2 Å². The molecule has 0 spiro atoms. The molecule has 3 rings (SSSR count). The van der Waals surface area contributed by atoms with Crippen molar-refractivity contribution >= 4 is 17.8 Å². The lowest BCUT2D eigenvalue weighted by atomic mass is 10.0. The van der Waals surface area contributed by atoms with Crippen LogP contribution in [0.15, 0.2) is 24.3 Å². The first-order valence-electron chi connectivity index (χ1n) is 6.69. The van der Waals surface area contributed by atoms with Crippen LogP contribution >= 0.6 is 11.8 Å². The number of carbonyl (C=O) groups excluding carboxylic acids is 1. The second-order valence-electron chi connectivity index (χ2n) is 4.78. The molecule has 2 aliphatic rings. The summed E-state index contributed by atoms with van der Waals surface area (Å²) in [5, 5.41) is 3.14. The highest BCUT2D eigenvalue weighted by Gasteiger charge is 2.25. The number of hydrogen-bond acceptors (Lipinski definition) is 3. The van der Waals surface area contributed by atoms with Crippen LogP contribution < -0.4 is 10.1 Å². The molecule has 0 unspecified atom stereocenters. The average molecular weight is 278 g/mol. The average Bonchev–Trinajstić information content (AvgIpc) is 2.48. The maximum atomic E-state index is 12.2. The number of para-hydroxylation sites is 1. The van der Waals surface area contributed by atoms with Crippen LogP contribution in [0.2, 0.25) is 0 Å². The van der Waals surface area contributed by atoms with Crippen LogP contribution in [0, 0.1) is 0 Å². The molecule has 1 fully saturated rings. The first kappa shape index (κ1) is 12.7. The summed E-state index contributed by atoms with van der Waals surface area (Å²) in [7, 11) is 0. The summed E-state index contributed by atoms with van der Waals surface area (Å²) < 4.78 is 5.61. The molecule has 0 radical (unpaired) electrons. The molecule has 0 aromatic heterocycles. The molecule has 0 bridgehead atoms. The standard InChI is InChI=1S/C14H18N2O2S/c17-14(16-6-9-19-10-7-16)15-12-5-8-18-13-4-2-1-3-11(12)13/h1-4,12H,5-10H2,(H,15,17)/t12-/m0/s1. The van der Waals surface area contributed by atoms with E-state index in [2.05, 4.69) is 5.32 Å². The van der Waals surface area contributed by atoms with Gasteiger partial charge in [-0.15, -0.1) is 0 Å². The number of nitrogens with zero attached hydrogens (tertiary/aromatic N) is 1. The third-order valence-electron chi connectivity index (χ3n) is 3.55. The van der Waals surface area contributed by atoms with Gasteiger partial charge >= 0.3 is 6.03 Å². The fraction of sp³-hybridized carbons (Fsp3) is 0.500. The maximum absolute atomic E-state index is 12.2. The van der Waals surface area contributed by atoms with Gasteiger partial charge in [0.2, 0.25) is 0 Å². The fourth-order valence-corrected chi connectivity index (χ4v) is 3.40. The third kappa shape index (κ3) is 2.81. The highest BCUT2D eigenvalue weighted by atomic mass is 32.2. The van der Waals surface area contributed by atoms with Gasteiger partial charge in [-0.05, 0) is 6.07 Å². The van der Waals surface area contributed by atoms with Crippen LogP contribution in [-0.4, -0.2) is 42.1 Å². The molecule has 0 aliphatic carbocycles. The van der Waals surface area contributed by atoms with Crippen molar-refractivity contribution in [3.05, 3.63) is 29.8 Å². The zero-order chi connectivity index (χ0) is 13.1. The minimum atomic E-state index is 0.0574. The Labute approximate surface area is 117 Å². The lowest BCUT2D eigenvalue weighted by Crippen LogP contribution is -2.46. The van der Waals surface area contributed by atoms with Crippen LogP contribution in [0.5, 0.6) is 5.75 Å². The predicted octanol–water partition coefficient (Wildman–Crippen LogP) is 2.27. The number of rotatable bonds is 1. The smallest absolute Gasteiger partial charge is 0.317 e. The number of benzene rings is 1. The van der Waals surface area contributed by atoms with E-state index >= 15 is 0 Å². The van der Waals surface area contributed by atoms with E-state index < -0.39 is 0 Å². The minimum Gasteiger partial charge on any atom is -0.493 e. The predicted molar refractivity (Wildman–Crippen MR) is 76.7 cm³/mol. The number of nitrogens with one attached hydrogen (secondary N) is 1. The lowest BCUT2D eigenvalue weighted by molar-refractivity contribution is 0.191. The van der Waals surface area contributed by atoms with E-state index in [1.165, 1.54) is 0 Å². The summed E-state index contributed by atoms with van der Waals surface area (Å²) in [6.45, 7) is 2.36. The Bertz CT molecular complexity index is 461. The van der Waals surface area contributed by atoms with Crippen LogP contribution in [-0.2, 0) is 0 Å². The Kier molecular flexibility index (Phi) is 3.82. The Hall–Kier alpha value is -1.36. The van der Waals surface area contributed by atoms with E-state index in [0.717, 1.165) is 42.3 Å². The molecule has 1 atom stereocenters. The summed E-state index contributed by atoms with van der Waals surface area (Å²) in [4.78, 5) is 14.2. The third-order valence-corrected chi connectivity index (χ3v) is 4.50. The molecule has 1 saturated heterocycles. The van der Waals surface area contributed by atoms with Gasteiger partial charge in [0.1, 0.15) is 5.75 Å². The van der Waals surface area contributed by atoms with Gasteiger partial charge in [0, 0.05) is 36.6 Å². The molecule has 1 aromatic carbocycles. The number of hydrogen-bond donors (Lipinski definition) is 1. The van der Waals surface area contributed by atoms with E-state index in [0.29, 0.717) is 6.61 Å². The highest BCUT2D eigenvalue weighted by Crippen LogP contribution is 2.31. The van der Waals surface area contributed by atoms with Crippen LogP contribution in [0.1, 0.15) is 18.0 Å². The van der Waals surface area contributed by atoms with Crippen LogP contribution in [0.4, 0.5) is 4.79 Å². The van der Waals surface area contributed by atoms with Crippen LogP contribution in [0.25, 0.3) is 0 Å². The van der Waals surface area contributed by atoms with Crippen molar-refractivity contribution in [2.45, 2.75) is 12.5 Å². The normalized spacial score (nSPS) is 22.3. The molecule has 2 heterocycles. The summed E-state index contributed by atoms with van der Waals surface area (Å²) in [5.41, 5.74) is 1.09. The molecule has 1 aromatic rings. The zero-order valence-corrected chi connectivity index (χ0v) is 11.6. The number of carbonyl (C=O) groups is 1. The van der Waals surface area contributed by atoms with Crippen molar-refractivity contribution in [3.8, 4) is 5.75 Å². The van der Waals surface area contributed by atoms with Gasteiger partial charge in [0.25, 0.3) is 0 Å². The molecule has 2 aliphatic heterocycles. The highest BCUT2D eigenvalue weighted by molar-refractivity contribution is 7.99. The molecule has 2 amide bonds. The van der Waals surface area contributed by atoms with E-state index in [-0.39, 0.29) is 12.1 Å². The largest absolute Gasteiger partial charge is 0.493 e. The second-order valence-corrected chi connectivity index (χ2v) is 6.00. The number of ether oxygens (including phenoxy) is 1. The van der Waals surface area contributed by atoms with E-state index in [9.17, 15) is 4.79 Å². The fourth-order valence-electron chi connectivity index (χ4n) is 2.50. The van der Waals surface area contributed by atoms with Crippen molar-refractivity contribution in [1.82, 2.24) is 10.2 Å². The molecule has 102 valence electrons. The number of thioether (sulfide) groups is 1. The van der Waals surface area contributed by atoms with Crippen molar-refractivity contribution in [1.29, 1.82) is 0 Å². The summed E-state index contributed by atoms with van der Waals surface area (Å²) in [6.07, 6.45) is 0.839. The van der Waals surface area contributed by atoms with Gasteiger partial charge in [-0.2, -0.15) is 11.8 Å². The lowest BCUT2D eigenvalue weighted by Gasteiger charge is -2.31. The molecule has 5 heteroatoms. The molecular weight excluding hydrogens is 260 g/mol. The van der Waals surface area contributed by atoms with Crippen molar-refractivity contribution in [2.24, 2.45) is 0 Å². The Morgan fingerprint density at radius 1 is 1.32 bits per heavy atom. The van der Waals surface area contributed by atoms with Gasteiger partial charge in [-0.3, -0.25) is 0 Å².